The molecule has 0 unspecified atom stereocenters. The van der Waals surface area contributed by atoms with Crippen LogP contribution in [0.15, 0.2) is 39.8 Å². The van der Waals surface area contributed by atoms with E-state index in [9.17, 15) is 5.26 Å². The highest BCUT2D eigenvalue weighted by Gasteiger charge is 2.18. The first kappa shape index (κ1) is 19.8. The number of rotatable bonds is 6. The molecule has 0 saturated carbocycles. The van der Waals surface area contributed by atoms with Gasteiger partial charge in [-0.05, 0) is 56.0 Å². The number of nitrogens with two attached hydrogens (primary N) is 1. The average Bonchev–Trinajstić information content (AvgIpc) is 3.24. The van der Waals surface area contributed by atoms with Gasteiger partial charge in [-0.15, -0.1) is 10.2 Å². The number of aromatic nitrogens is 4. The second kappa shape index (κ2) is 9.31. The quantitative estimate of drug-likeness (QED) is 0.642. The highest BCUT2D eigenvalue weighted by molar-refractivity contribution is 8.01. The van der Waals surface area contributed by atoms with E-state index in [2.05, 4.69) is 31.1 Å². The summed E-state index contributed by atoms with van der Waals surface area (Å²) in [5, 5.41) is 19.0. The van der Waals surface area contributed by atoms with Crippen LogP contribution in [0.4, 0.5) is 5.13 Å². The maximum atomic E-state index is 9.32. The number of piperidine rings is 1. The molecule has 2 aromatic heterocycles. The van der Waals surface area contributed by atoms with E-state index in [0.29, 0.717) is 17.9 Å². The fraction of sp³-hybridized carbons (Fsp3) is 0.350. The normalized spacial score (nSPS) is 14.0. The molecule has 29 heavy (non-hydrogen) atoms. The molecule has 4 rings (SSSR count). The Hall–Kier alpha value is -2.54. The lowest BCUT2D eigenvalue weighted by atomic mass is 10.1. The van der Waals surface area contributed by atoms with Crippen molar-refractivity contribution < 1.29 is 0 Å². The summed E-state index contributed by atoms with van der Waals surface area (Å²) in [7, 11) is 0. The molecule has 1 aliphatic heterocycles. The van der Waals surface area contributed by atoms with E-state index in [1.807, 2.05) is 12.1 Å². The monoisotopic (exact) mass is 423 g/mol. The van der Waals surface area contributed by atoms with Crippen molar-refractivity contribution in [2.45, 2.75) is 34.9 Å². The summed E-state index contributed by atoms with van der Waals surface area (Å²) in [5.74, 6) is 0.624. The van der Waals surface area contributed by atoms with E-state index in [4.69, 9.17) is 5.73 Å². The number of hydrogen-bond acceptors (Lipinski definition) is 9. The Kier molecular flexibility index (Phi) is 6.34. The molecule has 2 N–H and O–H groups in total. The summed E-state index contributed by atoms with van der Waals surface area (Å²) >= 11 is 3.09. The summed E-state index contributed by atoms with van der Waals surface area (Å²) in [4.78, 5) is 12.2. The molecule has 0 atom stereocenters. The second-order valence-electron chi connectivity index (χ2n) is 6.78. The van der Waals surface area contributed by atoms with Crippen molar-refractivity contribution in [3.63, 3.8) is 0 Å². The molecular weight excluding hydrogens is 402 g/mol. The van der Waals surface area contributed by atoms with E-state index in [1.165, 1.54) is 31.0 Å². The molecule has 0 aliphatic carbocycles. The molecule has 1 saturated heterocycles. The fourth-order valence-electron chi connectivity index (χ4n) is 3.20. The first-order valence-corrected chi connectivity index (χ1v) is 11.2. The fourth-order valence-corrected chi connectivity index (χ4v) is 5.22. The molecule has 7 nitrogen and oxygen atoms in total. The van der Waals surface area contributed by atoms with Gasteiger partial charge in [-0.2, -0.15) is 5.26 Å². The highest BCUT2D eigenvalue weighted by atomic mass is 32.2. The van der Waals surface area contributed by atoms with Crippen molar-refractivity contribution >= 4 is 28.2 Å². The molecule has 0 radical (unpaired) electrons. The van der Waals surface area contributed by atoms with E-state index in [1.54, 1.807) is 29.8 Å². The predicted octanol–water partition coefficient (Wildman–Crippen LogP) is 3.51. The summed E-state index contributed by atoms with van der Waals surface area (Å²) in [6.45, 7) is 2.64. The Morgan fingerprint density at radius 3 is 2.66 bits per heavy atom. The minimum Gasteiger partial charge on any atom is -0.347 e. The van der Waals surface area contributed by atoms with E-state index in [0.717, 1.165) is 45.0 Å². The van der Waals surface area contributed by atoms with Crippen molar-refractivity contribution in [2.75, 3.05) is 24.5 Å². The molecule has 3 heterocycles. The van der Waals surface area contributed by atoms with Gasteiger partial charge in [-0.25, -0.2) is 9.97 Å². The van der Waals surface area contributed by atoms with Crippen LogP contribution in [0, 0.1) is 11.3 Å². The van der Waals surface area contributed by atoms with Crippen molar-refractivity contribution in [3.8, 4) is 17.5 Å². The highest BCUT2D eigenvalue weighted by Crippen LogP contribution is 2.38. The van der Waals surface area contributed by atoms with Crippen LogP contribution in [0.5, 0.6) is 0 Å². The van der Waals surface area contributed by atoms with E-state index in [-0.39, 0.29) is 0 Å². The third-order valence-corrected chi connectivity index (χ3v) is 6.80. The van der Waals surface area contributed by atoms with Crippen molar-refractivity contribution in [2.24, 2.45) is 5.73 Å². The zero-order chi connectivity index (χ0) is 20.1. The lowest BCUT2D eigenvalue weighted by Gasteiger charge is -2.25. The molecule has 0 spiro atoms. The Bertz CT molecular complexity index is 1000. The number of anilines is 1. The van der Waals surface area contributed by atoms with Crippen LogP contribution in [0.2, 0.25) is 0 Å². The summed E-state index contributed by atoms with van der Waals surface area (Å²) in [6, 6.07) is 7.75. The Labute approximate surface area is 178 Å². The lowest BCUT2D eigenvalue weighted by Crippen LogP contribution is -2.29. The molecule has 0 amide bonds. The second-order valence-corrected chi connectivity index (χ2v) is 9.02. The van der Waals surface area contributed by atoms with Gasteiger partial charge in [0.1, 0.15) is 0 Å². The van der Waals surface area contributed by atoms with Crippen molar-refractivity contribution in [1.29, 1.82) is 5.26 Å². The van der Waals surface area contributed by atoms with Gasteiger partial charge in [-0.1, -0.05) is 23.1 Å². The maximum Gasteiger partial charge on any atom is 0.209 e. The van der Waals surface area contributed by atoms with Crippen LogP contribution in [-0.4, -0.2) is 39.8 Å². The standard InChI is InChI=1S/C20H21N7S2/c21-7-6-15-12-23-18(24-13-15)16-5-4-14(11-22)10-17(16)28-20-26-25-19(29-20)27-8-2-1-3-9-27/h4-5,10,12-13H,1-3,6-9,21H2. The number of nitriles is 1. The van der Waals surface area contributed by atoms with Gasteiger partial charge in [0.2, 0.25) is 5.13 Å². The van der Waals surface area contributed by atoms with E-state index >= 15 is 0 Å². The Balaban J connectivity index is 1.61. The minimum atomic E-state index is 0.567. The van der Waals surface area contributed by atoms with Crippen LogP contribution >= 0.6 is 23.1 Å². The van der Waals surface area contributed by atoms with Crippen LogP contribution in [0.25, 0.3) is 11.4 Å². The zero-order valence-corrected chi connectivity index (χ0v) is 17.5. The lowest BCUT2D eigenvalue weighted by molar-refractivity contribution is 0.575. The van der Waals surface area contributed by atoms with Crippen molar-refractivity contribution in [1.82, 2.24) is 20.2 Å². The van der Waals surface area contributed by atoms with Crippen LogP contribution in [0.1, 0.15) is 30.4 Å². The first-order chi connectivity index (χ1) is 14.3. The molecule has 3 aromatic rings. The third kappa shape index (κ3) is 4.72. The topological polar surface area (TPSA) is 105 Å². The summed E-state index contributed by atoms with van der Waals surface area (Å²) < 4.78 is 0.849. The Morgan fingerprint density at radius 1 is 1.14 bits per heavy atom. The van der Waals surface area contributed by atoms with Crippen LogP contribution < -0.4 is 10.6 Å². The minimum absolute atomic E-state index is 0.567. The summed E-state index contributed by atoms with van der Waals surface area (Å²) in [6.07, 6.45) is 8.05. The van der Waals surface area contributed by atoms with Crippen LogP contribution in [-0.2, 0) is 6.42 Å². The smallest absolute Gasteiger partial charge is 0.209 e. The van der Waals surface area contributed by atoms with E-state index < -0.39 is 0 Å². The van der Waals surface area contributed by atoms with Gasteiger partial charge in [0.15, 0.2) is 10.2 Å². The maximum absolute atomic E-state index is 9.32. The van der Waals surface area contributed by atoms with Gasteiger partial charge in [0.05, 0.1) is 11.6 Å². The van der Waals surface area contributed by atoms with Gasteiger partial charge in [0, 0.05) is 35.9 Å². The van der Waals surface area contributed by atoms with Gasteiger partial charge < -0.3 is 10.6 Å². The van der Waals surface area contributed by atoms with Crippen LogP contribution in [0.3, 0.4) is 0 Å². The van der Waals surface area contributed by atoms with Gasteiger partial charge in [-0.3, -0.25) is 0 Å². The first-order valence-electron chi connectivity index (χ1n) is 9.58. The Morgan fingerprint density at radius 2 is 1.93 bits per heavy atom. The number of nitrogens with zero attached hydrogens (tertiary/aromatic N) is 6. The predicted molar refractivity (Wildman–Crippen MR) is 115 cm³/mol. The largest absolute Gasteiger partial charge is 0.347 e. The average molecular weight is 424 g/mol. The molecule has 1 aromatic carbocycles. The molecule has 1 aliphatic rings. The van der Waals surface area contributed by atoms with Crippen molar-refractivity contribution in [3.05, 3.63) is 41.7 Å². The SMILES string of the molecule is N#Cc1ccc(-c2ncc(CCN)cn2)c(Sc2nnc(N3CCCCC3)s2)c1. The third-order valence-electron chi connectivity index (χ3n) is 4.71. The molecule has 1 fully saturated rings. The zero-order valence-electron chi connectivity index (χ0n) is 15.9. The molecule has 148 valence electrons. The molecule has 9 heteroatoms. The number of benzene rings is 1. The van der Waals surface area contributed by atoms with Gasteiger partial charge in [0.25, 0.3) is 0 Å². The molecular formula is C20H21N7S2. The van der Waals surface area contributed by atoms with Gasteiger partial charge >= 0.3 is 0 Å². The summed E-state index contributed by atoms with van der Waals surface area (Å²) in [5.41, 5.74) is 8.08. The number of hydrogen-bond donors (Lipinski definition) is 1. The molecule has 0 bridgehead atoms.